The van der Waals surface area contributed by atoms with E-state index < -0.39 is 22.0 Å². The molecule has 0 saturated carbocycles. The Kier molecular flexibility index (Phi) is 17.9. The maximum absolute atomic E-state index is 14.2. The SMILES string of the molecule is C=CC[C@@]1(C)C[C@H](c2cccc(Cl)c2)C(c2ccc(Cl)cc2)N([C@@H](CC)CC(C)(C)O)C1=O.C=CC[C@@]1(C)C[C@H](c2cccc(Cl)c2)C(c2ccc(Cl)cc2)N([C@@H](CC)CC(C)(C)O)C1=O. The molecule has 8 atom stereocenters. The molecule has 2 saturated heterocycles. The van der Waals surface area contributed by atoms with Gasteiger partial charge in [-0.15, -0.1) is 13.2 Å². The maximum Gasteiger partial charge on any atom is 0.229 e. The summed E-state index contributed by atoms with van der Waals surface area (Å²) in [7, 11) is 0. The average Bonchev–Trinajstić information content (AvgIpc) is 3.24. The van der Waals surface area contributed by atoms with Crippen LogP contribution in [-0.2, 0) is 9.59 Å². The third-order valence-corrected chi connectivity index (χ3v) is 14.5. The second-order valence-electron chi connectivity index (χ2n) is 20.4. The van der Waals surface area contributed by atoms with Crippen LogP contribution in [0.1, 0.15) is 153 Å². The highest BCUT2D eigenvalue weighted by Crippen LogP contribution is 2.54. The summed E-state index contributed by atoms with van der Waals surface area (Å²) in [5.74, 6) is 0.278. The molecule has 0 radical (unpaired) electrons. The van der Waals surface area contributed by atoms with E-state index in [0.717, 1.165) is 35.1 Å². The van der Waals surface area contributed by atoms with Gasteiger partial charge in [0.05, 0.1) is 34.1 Å². The summed E-state index contributed by atoms with van der Waals surface area (Å²) in [6, 6.07) is 30.8. The van der Waals surface area contributed by atoms with Crippen molar-refractivity contribution in [3.8, 4) is 0 Å². The van der Waals surface area contributed by atoms with Crippen LogP contribution >= 0.6 is 46.4 Å². The van der Waals surface area contributed by atoms with Gasteiger partial charge in [-0.25, -0.2) is 0 Å². The Labute approximate surface area is 415 Å². The van der Waals surface area contributed by atoms with Crippen LogP contribution in [0.15, 0.2) is 122 Å². The fourth-order valence-electron chi connectivity index (χ4n) is 10.6. The third-order valence-electron chi connectivity index (χ3n) is 13.6. The van der Waals surface area contributed by atoms with Crippen LogP contribution in [0.2, 0.25) is 20.1 Å². The van der Waals surface area contributed by atoms with E-state index in [0.29, 0.717) is 58.6 Å². The van der Waals surface area contributed by atoms with Crippen LogP contribution in [0.4, 0.5) is 0 Å². The first-order valence-corrected chi connectivity index (χ1v) is 24.8. The number of rotatable bonds is 16. The number of allylic oxidation sites excluding steroid dienone is 2. The molecular weight excluding hydrogens is 906 g/mol. The number of piperidine rings is 2. The van der Waals surface area contributed by atoms with Gasteiger partial charge in [0.2, 0.25) is 11.8 Å². The second kappa shape index (κ2) is 22.2. The molecule has 4 aromatic rings. The third kappa shape index (κ3) is 12.9. The lowest BCUT2D eigenvalue weighted by Crippen LogP contribution is -2.56. The molecule has 10 heteroatoms. The molecule has 2 amide bonds. The molecule has 0 aliphatic carbocycles. The lowest BCUT2D eigenvalue weighted by molar-refractivity contribution is -0.157. The lowest BCUT2D eigenvalue weighted by atomic mass is 9.66. The molecule has 2 aliphatic rings. The van der Waals surface area contributed by atoms with Crippen molar-refractivity contribution in [2.45, 2.75) is 154 Å². The number of benzene rings is 4. The normalized spacial score (nSPS) is 24.6. The second-order valence-corrected chi connectivity index (χ2v) is 22.2. The van der Waals surface area contributed by atoms with Gasteiger partial charge in [-0.1, -0.05) is 135 Å². The first-order valence-electron chi connectivity index (χ1n) is 23.3. The molecule has 2 unspecified atom stereocenters. The fourth-order valence-corrected chi connectivity index (χ4v) is 11.3. The molecule has 6 nitrogen and oxygen atoms in total. The van der Waals surface area contributed by atoms with E-state index in [1.807, 2.05) is 121 Å². The summed E-state index contributed by atoms with van der Waals surface area (Å²) in [6.07, 6.45) is 8.69. The number of amides is 2. The van der Waals surface area contributed by atoms with Crippen LogP contribution in [0.5, 0.6) is 0 Å². The summed E-state index contributed by atoms with van der Waals surface area (Å²) in [4.78, 5) is 32.4. The largest absolute Gasteiger partial charge is 0.390 e. The van der Waals surface area contributed by atoms with E-state index in [-0.39, 0.29) is 47.8 Å². The van der Waals surface area contributed by atoms with Gasteiger partial charge < -0.3 is 20.0 Å². The van der Waals surface area contributed by atoms with Crippen LogP contribution in [0.25, 0.3) is 0 Å². The zero-order valence-corrected chi connectivity index (χ0v) is 43.1. The molecule has 2 N–H and O–H groups in total. The van der Waals surface area contributed by atoms with Gasteiger partial charge in [0.25, 0.3) is 0 Å². The van der Waals surface area contributed by atoms with Gasteiger partial charge in [-0.2, -0.15) is 0 Å². The summed E-state index contributed by atoms with van der Waals surface area (Å²) >= 11 is 25.2. The van der Waals surface area contributed by atoms with Crippen molar-refractivity contribution in [1.29, 1.82) is 0 Å². The van der Waals surface area contributed by atoms with E-state index in [4.69, 9.17) is 46.4 Å². The van der Waals surface area contributed by atoms with Crippen molar-refractivity contribution in [2.75, 3.05) is 0 Å². The predicted molar refractivity (Wildman–Crippen MR) is 276 cm³/mol. The highest BCUT2D eigenvalue weighted by atomic mass is 35.5. The van der Waals surface area contributed by atoms with Crippen LogP contribution in [-0.4, -0.2) is 55.1 Å². The summed E-state index contributed by atoms with van der Waals surface area (Å²) in [6.45, 7) is 23.3. The molecular formula is C56H70Cl4N2O4. The minimum atomic E-state index is -0.899. The Morgan fingerprint density at radius 2 is 0.924 bits per heavy atom. The number of hydrogen-bond donors (Lipinski definition) is 2. The number of carbonyl (C=O) groups excluding carboxylic acids is 2. The van der Waals surface area contributed by atoms with Crippen molar-refractivity contribution < 1.29 is 19.8 Å². The molecule has 4 aromatic carbocycles. The zero-order chi connectivity index (χ0) is 48.8. The van der Waals surface area contributed by atoms with Crippen molar-refractivity contribution in [3.63, 3.8) is 0 Å². The average molecular weight is 977 g/mol. The summed E-state index contributed by atoms with van der Waals surface area (Å²) < 4.78 is 0. The monoisotopic (exact) mass is 974 g/mol. The number of hydrogen-bond acceptors (Lipinski definition) is 4. The smallest absolute Gasteiger partial charge is 0.229 e. The van der Waals surface area contributed by atoms with E-state index in [9.17, 15) is 19.8 Å². The highest BCUT2D eigenvalue weighted by molar-refractivity contribution is 6.31. The first kappa shape index (κ1) is 53.3. The van der Waals surface area contributed by atoms with Crippen molar-refractivity contribution in [3.05, 3.63) is 165 Å². The number of aliphatic hydroxyl groups is 2. The quantitative estimate of drug-likeness (QED) is 0.110. The topological polar surface area (TPSA) is 81.1 Å². The maximum atomic E-state index is 14.2. The standard InChI is InChI=1S/2C28H35Cl2NO2/c2*1-6-15-28(5)18-24(20-9-8-10-22(30)16-20)25(19-11-13-21(29)14-12-19)31(26(28)32)23(7-2)17-27(3,4)33/h2*6,8-14,16,23-25,33H,1,7,15,17-18H2,2-5H3/t2*23-,24+,25?,28-/m00/s1. The molecule has 0 spiro atoms. The van der Waals surface area contributed by atoms with Gasteiger partial charge in [0, 0.05) is 44.0 Å². The zero-order valence-electron chi connectivity index (χ0n) is 40.0. The fraction of sp³-hybridized carbons (Fsp3) is 0.464. The van der Waals surface area contributed by atoms with Crippen molar-refractivity contribution >= 4 is 58.2 Å². The minimum absolute atomic E-state index is 0.0309. The van der Waals surface area contributed by atoms with Gasteiger partial charge in [-0.05, 0) is 150 Å². The summed E-state index contributed by atoms with van der Waals surface area (Å²) in [5.41, 5.74) is 1.30. The van der Waals surface area contributed by atoms with Gasteiger partial charge in [0.1, 0.15) is 0 Å². The number of halogens is 4. The Bertz CT molecular complexity index is 2130. The molecule has 2 fully saturated rings. The van der Waals surface area contributed by atoms with Gasteiger partial charge in [-0.3, -0.25) is 9.59 Å². The van der Waals surface area contributed by atoms with Crippen LogP contribution in [0.3, 0.4) is 0 Å². The van der Waals surface area contributed by atoms with Crippen molar-refractivity contribution in [2.24, 2.45) is 10.8 Å². The minimum Gasteiger partial charge on any atom is -0.390 e. The van der Waals surface area contributed by atoms with E-state index in [1.165, 1.54) is 0 Å². The Morgan fingerprint density at radius 1 is 0.591 bits per heavy atom. The lowest BCUT2D eigenvalue weighted by Gasteiger charge is -2.52. The molecule has 6 rings (SSSR count). The Morgan fingerprint density at radius 3 is 1.20 bits per heavy atom. The molecule has 66 heavy (non-hydrogen) atoms. The number of likely N-dealkylation sites (tertiary alicyclic amines) is 2. The highest BCUT2D eigenvalue weighted by Gasteiger charge is 2.53. The molecule has 2 heterocycles. The van der Waals surface area contributed by atoms with E-state index in [2.05, 4.69) is 39.1 Å². The van der Waals surface area contributed by atoms with E-state index in [1.54, 1.807) is 27.7 Å². The summed E-state index contributed by atoms with van der Waals surface area (Å²) in [5, 5.41) is 24.1. The number of nitrogens with zero attached hydrogens (tertiary/aromatic N) is 2. The van der Waals surface area contributed by atoms with Crippen LogP contribution in [0, 0.1) is 10.8 Å². The molecule has 0 aromatic heterocycles. The van der Waals surface area contributed by atoms with Crippen molar-refractivity contribution in [1.82, 2.24) is 9.80 Å². The van der Waals surface area contributed by atoms with Gasteiger partial charge >= 0.3 is 0 Å². The first-order chi connectivity index (χ1) is 31.0. The Balaban J connectivity index is 0.000000247. The predicted octanol–water partition coefficient (Wildman–Crippen LogP) is 15.1. The molecule has 356 valence electrons. The molecule has 0 bridgehead atoms. The Hall–Kier alpha value is -3.62. The number of carbonyl (C=O) groups is 2. The van der Waals surface area contributed by atoms with Crippen LogP contribution < -0.4 is 0 Å². The molecule has 2 aliphatic heterocycles. The van der Waals surface area contributed by atoms with E-state index >= 15 is 0 Å². The van der Waals surface area contributed by atoms with Gasteiger partial charge in [0.15, 0.2) is 0 Å².